The zero-order chi connectivity index (χ0) is 16.8. The van der Waals surface area contributed by atoms with Crippen molar-refractivity contribution in [1.29, 1.82) is 0 Å². The minimum atomic E-state index is -1.90. The second kappa shape index (κ2) is 5.01. The van der Waals surface area contributed by atoms with Gasteiger partial charge >= 0.3 is 0 Å². The molecule has 0 aromatic heterocycles. The van der Waals surface area contributed by atoms with E-state index < -0.39 is 29.2 Å². The Balaban J connectivity index is 2.05. The van der Waals surface area contributed by atoms with Gasteiger partial charge in [0.15, 0.2) is 0 Å². The Labute approximate surface area is 130 Å². The van der Waals surface area contributed by atoms with Crippen molar-refractivity contribution in [1.82, 2.24) is 10.2 Å². The summed E-state index contributed by atoms with van der Waals surface area (Å²) in [5.41, 5.74) is 4.67. The monoisotopic (exact) mass is 315 g/mol. The van der Waals surface area contributed by atoms with Crippen molar-refractivity contribution in [2.24, 2.45) is 5.73 Å². The molecule has 1 fully saturated rings. The maximum atomic E-state index is 12.6. The summed E-state index contributed by atoms with van der Waals surface area (Å²) in [6, 6.07) is 4.55. The zero-order valence-corrected chi connectivity index (χ0v) is 12.0. The van der Waals surface area contributed by atoms with Crippen LogP contribution in [0.2, 0.25) is 0 Å². The number of primary amides is 1. The predicted molar refractivity (Wildman–Crippen MR) is 76.0 cm³/mol. The van der Waals surface area contributed by atoms with Crippen LogP contribution in [0.4, 0.5) is 0 Å². The topological polar surface area (TPSA) is 127 Å². The van der Waals surface area contributed by atoms with Gasteiger partial charge in [0.05, 0.1) is 0 Å². The summed E-state index contributed by atoms with van der Waals surface area (Å²) in [7, 11) is 0. The van der Waals surface area contributed by atoms with Gasteiger partial charge in [0.2, 0.25) is 11.4 Å². The molecule has 1 aromatic rings. The van der Waals surface area contributed by atoms with Crippen molar-refractivity contribution < 1.29 is 24.0 Å². The number of amides is 4. The van der Waals surface area contributed by atoms with Gasteiger partial charge in [0.1, 0.15) is 6.29 Å². The molecule has 2 heterocycles. The minimum absolute atomic E-state index is 0.0118. The first-order valence-corrected chi connectivity index (χ1v) is 6.94. The van der Waals surface area contributed by atoms with Crippen LogP contribution < -0.4 is 11.1 Å². The first-order valence-electron chi connectivity index (χ1n) is 6.94. The number of hydrogen-bond acceptors (Lipinski definition) is 5. The van der Waals surface area contributed by atoms with Crippen LogP contribution in [0.1, 0.15) is 39.1 Å². The molecule has 118 valence electrons. The molecule has 2 aliphatic rings. The number of imide groups is 1. The van der Waals surface area contributed by atoms with E-state index in [1.54, 1.807) is 12.1 Å². The standard InChI is InChI=1S/C15H13N3O5/c16-13(22)15(4-3-11(20)17-14(15)23)18-6-9-2-1-8(7-19)5-10(9)12(18)21/h1-2,5,7H,3-4,6H2,(H2,16,22)(H,17,20,23). The van der Waals surface area contributed by atoms with E-state index in [-0.39, 0.29) is 24.9 Å². The first-order chi connectivity index (χ1) is 10.9. The molecule has 0 bridgehead atoms. The van der Waals surface area contributed by atoms with Gasteiger partial charge < -0.3 is 10.6 Å². The molecule has 0 radical (unpaired) electrons. The minimum Gasteiger partial charge on any atom is -0.367 e. The zero-order valence-electron chi connectivity index (χ0n) is 12.0. The van der Waals surface area contributed by atoms with Crippen LogP contribution in [0.15, 0.2) is 18.2 Å². The number of aldehydes is 1. The SMILES string of the molecule is NC(=O)C1(N2Cc3ccc(C=O)cc3C2=O)CCC(=O)NC1=O. The fourth-order valence-corrected chi connectivity index (χ4v) is 3.03. The number of carbonyl (C=O) groups excluding carboxylic acids is 5. The molecule has 4 amide bonds. The summed E-state index contributed by atoms with van der Waals surface area (Å²) in [5.74, 6) is -2.96. The number of benzene rings is 1. The van der Waals surface area contributed by atoms with Gasteiger partial charge in [-0.15, -0.1) is 0 Å². The molecule has 1 saturated heterocycles. The van der Waals surface area contributed by atoms with Gasteiger partial charge in [0.25, 0.3) is 17.7 Å². The number of fused-ring (bicyclic) bond motifs is 1. The van der Waals surface area contributed by atoms with E-state index in [4.69, 9.17) is 5.73 Å². The van der Waals surface area contributed by atoms with E-state index in [0.29, 0.717) is 17.4 Å². The van der Waals surface area contributed by atoms with Crippen LogP contribution in [-0.2, 0) is 20.9 Å². The van der Waals surface area contributed by atoms with E-state index in [1.165, 1.54) is 6.07 Å². The quantitative estimate of drug-likeness (QED) is 0.425. The molecule has 23 heavy (non-hydrogen) atoms. The third kappa shape index (κ3) is 2.02. The first kappa shape index (κ1) is 14.9. The number of nitrogens with two attached hydrogens (primary N) is 1. The largest absolute Gasteiger partial charge is 0.367 e. The lowest BCUT2D eigenvalue weighted by atomic mass is 9.86. The third-order valence-electron chi connectivity index (χ3n) is 4.28. The van der Waals surface area contributed by atoms with Crippen molar-refractivity contribution in [3.05, 3.63) is 34.9 Å². The van der Waals surface area contributed by atoms with Gasteiger partial charge in [-0.2, -0.15) is 0 Å². The average Bonchev–Trinajstić information content (AvgIpc) is 2.84. The molecule has 2 aliphatic heterocycles. The van der Waals surface area contributed by atoms with Gasteiger partial charge in [-0.3, -0.25) is 29.3 Å². The highest BCUT2D eigenvalue weighted by atomic mass is 16.2. The summed E-state index contributed by atoms with van der Waals surface area (Å²) in [6.07, 6.45) is 0.355. The summed E-state index contributed by atoms with van der Waals surface area (Å²) < 4.78 is 0. The number of piperidine rings is 1. The molecular formula is C15H13N3O5. The van der Waals surface area contributed by atoms with Crippen molar-refractivity contribution in [3.8, 4) is 0 Å². The third-order valence-corrected chi connectivity index (χ3v) is 4.28. The molecule has 0 saturated carbocycles. The normalized spacial score (nSPS) is 23.5. The number of carbonyl (C=O) groups is 5. The summed E-state index contributed by atoms with van der Waals surface area (Å²) in [5, 5.41) is 2.07. The highest BCUT2D eigenvalue weighted by molar-refractivity contribution is 6.19. The van der Waals surface area contributed by atoms with Gasteiger partial charge in [-0.25, -0.2) is 0 Å². The molecule has 3 N–H and O–H groups in total. The van der Waals surface area contributed by atoms with Crippen LogP contribution in [-0.4, -0.2) is 40.4 Å². The Morgan fingerprint density at radius 1 is 1.30 bits per heavy atom. The fraction of sp³-hybridized carbons (Fsp3) is 0.267. The summed E-state index contributed by atoms with van der Waals surface area (Å²) in [6.45, 7) is 0.0118. The second-order valence-electron chi connectivity index (χ2n) is 5.53. The molecule has 1 unspecified atom stereocenters. The van der Waals surface area contributed by atoms with E-state index in [1.807, 2.05) is 0 Å². The van der Waals surface area contributed by atoms with E-state index in [0.717, 1.165) is 4.90 Å². The average molecular weight is 315 g/mol. The maximum absolute atomic E-state index is 12.6. The van der Waals surface area contributed by atoms with Gasteiger partial charge in [-0.1, -0.05) is 12.1 Å². The lowest BCUT2D eigenvalue weighted by Crippen LogP contribution is -2.69. The molecule has 8 nitrogen and oxygen atoms in total. The van der Waals surface area contributed by atoms with Crippen LogP contribution in [0.5, 0.6) is 0 Å². The second-order valence-corrected chi connectivity index (χ2v) is 5.53. The Morgan fingerprint density at radius 3 is 2.65 bits per heavy atom. The Bertz CT molecular complexity index is 772. The number of nitrogens with zero attached hydrogens (tertiary/aromatic N) is 1. The molecular weight excluding hydrogens is 302 g/mol. The van der Waals surface area contributed by atoms with E-state index in [9.17, 15) is 24.0 Å². The van der Waals surface area contributed by atoms with Crippen LogP contribution in [0.25, 0.3) is 0 Å². The Hall–Kier alpha value is -3.03. The highest BCUT2D eigenvalue weighted by Crippen LogP contribution is 2.34. The van der Waals surface area contributed by atoms with Crippen LogP contribution in [0, 0.1) is 0 Å². The Kier molecular flexibility index (Phi) is 3.24. The number of rotatable bonds is 3. The lowest BCUT2D eigenvalue weighted by molar-refractivity contribution is -0.149. The molecule has 0 spiro atoms. The number of nitrogens with one attached hydrogen (secondary N) is 1. The lowest BCUT2D eigenvalue weighted by Gasteiger charge is -2.39. The molecule has 3 rings (SSSR count). The van der Waals surface area contributed by atoms with Crippen molar-refractivity contribution >= 4 is 29.9 Å². The van der Waals surface area contributed by atoms with Crippen molar-refractivity contribution in [3.63, 3.8) is 0 Å². The predicted octanol–water partition coefficient (Wildman–Crippen LogP) is -0.884. The van der Waals surface area contributed by atoms with E-state index in [2.05, 4.69) is 5.32 Å². The van der Waals surface area contributed by atoms with E-state index >= 15 is 0 Å². The number of hydrogen-bond donors (Lipinski definition) is 2. The smallest absolute Gasteiger partial charge is 0.262 e. The summed E-state index contributed by atoms with van der Waals surface area (Å²) in [4.78, 5) is 60.2. The van der Waals surface area contributed by atoms with Crippen LogP contribution in [0.3, 0.4) is 0 Å². The molecule has 1 atom stereocenters. The highest BCUT2D eigenvalue weighted by Gasteiger charge is 2.56. The van der Waals surface area contributed by atoms with Crippen molar-refractivity contribution in [2.75, 3.05) is 0 Å². The Morgan fingerprint density at radius 2 is 2.04 bits per heavy atom. The summed E-state index contributed by atoms with van der Waals surface area (Å²) >= 11 is 0. The van der Waals surface area contributed by atoms with Gasteiger partial charge in [-0.05, 0) is 18.1 Å². The van der Waals surface area contributed by atoms with Gasteiger partial charge in [0, 0.05) is 24.1 Å². The molecule has 0 aliphatic carbocycles. The molecule has 1 aromatic carbocycles. The van der Waals surface area contributed by atoms with Crippen LogP contribution >= 0.6 is 0 Å². The fourth-order valence-electron chi connectivity index (χ4n) is 3.03. The molecule has 8 heteroatoms. The maximum Gasteiger partial charge on any atom is 0.262 e. The van der Waals surface area contributed by atoms with Crippen molar-refractivity contribution in [2.45, 2.75) is 24.9 Å².